The zero-order valence-electron chi connectivity index (χ0n) is 10.1. The number of benzene rings is 1. The predicted molar refractivity (Wildman–Crippen MR) is 76.3 cm³/mol. The Labute approximate surface area is 117 Å². The van der Waals surface area contributed by atoms with Crippen LogP contribution >= 0.6 is 11.8 Å². The van der Waals surface area contributed by atoms with Crippen molar-refractivity contribution in [3.8, 4) is 12.3 Å². The molecular weight excluding hydrogens is 284 g/mol. The molecule has 0 spiro atoms. The number of hydrogen-bond acceptors (Lipinski definition) is 4. The molecule has 0 aromatic heterocycles. The van der Waals surface area contributed by atoms with Crippen LogP contribution in [-0.2, 0) is 10.0 Å². The van der Waals surface area contributed by atoms with Gasteiger partial charge < -0.3 is 5.32 Å². The van der Waals surface area contributed by atoms with Crippen LogP contribution in [0.4, 0.5) is 0 Å². The van der Waals surface area contributed by atoms with Crippen LogP contribution in [0.1, 0.15) is 10.4 Å². The topological polar surface area (TPSA) is 89.3 Å². The molecule has 0 radical (unpaired) electrons. The molecule has 0 aliphatic heterocycles. The summed E-state index contributed by atoms with van der Waals surface area (Å²) < 4.78 is 22.3. The number of terminal acetylenes is 1. The van der Waals surface area contributed by atoms with Crippen molar-refractivity contribution in [1.82, 2.24) is 5.32 Å². The quantitative estimate of drug-likeness (QED) is 0.589. The number of nitrogens with one attached hydrogen (secondary N) is 1. The van der Waals surface area contributed by atoms with Crippen molar-refractivity contribution in [2.45, 2.75) is 4.90 Å². The van der Waals surface area contributed by atoms with Gasteiger partial charge in [-0.15, -0.1) is 18.2 Å². The maximum Gasteiger partial charge on any atom is 0.251 e. The first-order valence-electron chi connectivity index (χ1n) is 5.37. The maximum atomic E-state index is 11.8. The van der Waals surface area contributed by atoms with Crippen molar-refractivity contribution in [1.29, 1.82) is 0 Å². The zero-order chi connectivity index (χ0) is 14.3. The lowest BCUT2D eigenvalue weighted by atomic mass is 10.2. The van der Waals surface area contributed by atoms with Gasteiger partial charge in [0.05, 0.1) is 10.6 Å². The molecule has 0 heterocycles. The van der Waals surface area contributed by atoms with Gasteiger partial charge in [0.15, 0.2) is 0 Å². The number of hydrogen-bond donors (Lipinski definition) is 2. The summed E-state index contributed by atoms with van der Waals surface area (Å²) in [5.41, 5.74) is 0.258. The van der Waals surface area contributed by atoms with Crippen molar-refractivity contribution in [3.63, 3.8) is 0 Å². The van der Waals surface area contributed by atoms with E-state index in [0.29, 0.717) is 18.1 Å². The van der Waals surface area contributed by atoms with Crippen LogP contribution in [0.5, 0.6) is 0 Å². The van der Waals surface area contributed by atoms with Gasteiger partial charge in [-0.3, -0.25) is 4.79 Å². The molecule has 7 heteroatoms. The monoisotopic (exact) mass is 298 g/mol. The lowest BCUT2D eigenvalue weighted by Crippen LogP contribution is -2.26. The molecule has 0 bridgehead atoms. The number of primary sulfonamides is 1. The third-order valence-corrected chi connectivity index (χ3v) is 3.92. The molecule has 19 heavy (non-hydrogen) atoms. The second-order valence-corrected chi connectivity index (χ2v) is 6.25. The van der Waals surface area contributed by atoms with Crippen LogP contribution in [0.15, 0.2) is 29.2 Å². The highest BCUT2D eigenvalue weighted by Gasteiger charge is 2.11. The third kappa shape index (κ3) is 5.34. The van der Waals surface area contributed by atoms with Crippen LogP contribution in [0.3, 0.4) is 0 Å². The van der Waals surface area contributed by atoms with E-state index in [4.69, 9.17) is 11.6 Å². The fraction of sp³-hybridized carbons (Fsp3) is 0.250. The van der Waals surface area contributed by atoms with E-state index in [0.717, 1.165) is 0 Å². The summed E-state index contributed by atoms with van der Waals surface area (Å²) in [6.07, 6.45) is 5.09. The molecule has 0 saturated heterocycles. The summed E-state index contributed by atoms with van der Waals surface area (Å²) in [5, 5.41) is 7.67. The lowest BCUT2D eigenvalue weighted by molar-refractivity contribution is 0.0956. The van der Waals surface area contributed by atoms with Gasteiger partial charge >= 0.3 is 0 Å². The first kappa shape index (κ1) is 15.6. The average molecular weight is 298 g/mol. The molecule has 0 fully saturated rings. The van der Waals surface area contributed by atoms with Gasteiger partial charge in [-0.25, -0.2) is 13.6 Å². The van der Waals surface area contributed by atoms with Crippen molar-refractivity contribution in [3.05, 3.63) is 29.8 Å². The molecule has 1 amide bonds. The van der Waals surface area contributed by atoms with Crippen LogP contribution in [0, 0.1) is 12.3 Å². The Morgan fingerprint density at radius 2 is 2.21 bits per heavy atom. The first-order valence-corrected chi connectivity index (χ1v) is 8.07. The van der Waals surface area contributed by atoms with Gasteiger partial charge in [-0.05, 0) is 18.2 Å². The van der Waals surface area contributed by atoms with E-state index in [2.05, 4.69) is 11.2 Å². The minimum absolute atomic E-state index is 0.0816. The summed E-state index contributed by atoms with van der Waals surface area (Å²) in [6, 6.07) is 5.59. The minimum Gasteiger partial charge on any atom is -0.351 e. The Balaban J connectivity index is 2.61. The van der Waals surface area contributed by atoms with E-state index in [9.17, 15) is 13.2 Å². The Morgan fingerprint density at radius 3 is 2.84 bits per heavy atom. The predicted octanol–water partition coefficient (Wildman–Crippen LogP) is 0.430. The summed E-state index contributed by atoms with van der Waals surface area (Å²) in [6.45, 7) is 0.463. The van der Waals surface area contributed by atoms with Crippen molar-refractivity contribution >= 4 is 27.7 Å². The highest BCUT2D eigenvalue weighted by atomic mass is 32.2. The second kappa shape index (κ2) is 7.19. The molecule has 0 saturated carbocycles. The van der Waals surface area contributed by atoms with E-state index in [1.165, 1.54) is 36.0 Å². The van der Waals surface area contributed by atoms with Gasteiger partial charge in [-0.2, -0.15) is 0 Å². The highest BCUT2D eigenvalue weighted by molar-refractivity contribution is 7.99. The lowest BCUT2D eigenvalue weighted by Gasteiger charge is -2.05. The SMILES string of the molecule is C#CCSCCNC(=O)c1cccc(S(N)(=O)=O)c1. The van der Waals surface area contributed by atoms with Crippen LogP contribution in [0.2, 0.25) is 0 Å². The summed E-state index contributed by atoms with van der Waals surface area (Å²) in [5.74, 6) is 3.43. The summed E-state index contributed by atoms with van der Waals surface area (Å²) >= 11 is 1.53. The smallest absolute Gasteiger partial charge is 0.251 e. The first-order chi connectivity index (χ1) is 8.95. The van der Waals surface area contributed by atoms with Gasteiger partial charge in [0, 0.05) is 17.9 Å². The van der Waals surface area contributed by atoms with Gasteiger partial charge in [0.2, 0.25) is 10.0 Å². The minimum atomic E-state index is -3.80. The summed E-state index contributed by atoms with van der Waals surface area (Å²) in [7, 11) is -3.80. The zero-order valence-corrected chi connectivity index (χ0v) is 11.8. The molecule has 1 rings (SSSR count). The van der Waals surface area contributed by atoms with Crippen molar-refractivity contribution in [2.75, 3.05) is 18.1 Å². The number of carbonyl (C=O) groups is 1. The van der Waals surface area contributed by atoms with E-state index < -0.39 is 10.0 Å². The fourth-order valence-electron chi connectivity index (χ4n) is 1.28. The molecule has 1 aromatic rings. The van der Waals surface area contributed by atoms with Crippen LogP contribution in [-0.4, -0.2) is 32.4 Å². The number of nitrogens with two attached hydrogens (primary N) is 1. The molecule has 102 valence electrons. The standard InChI is InChI=1S/C12H14N2O3S2/c1-2-7-18-8-6-14-12(15)10-4-3-5-11(9-10)19(13,16)17/h1,3-5,9H,6-8H2,(H,14,15)(H2,13,16,17). The molecule has 5 nitrogen and oxygen atoms in total. The van der Waals surface area contributed by atoms with E-state index in [1.54, 1.807) is 0 Å². The number of thioether (sulfide) groups is 1. The Morgan fingerprint density at radius 1 is 1.47 bits per heavy atom. The van der Waals surface area contributed by atoms with E-state index in [1.807, 2.05) is 0 Å². The third-order valence-electron chi connectivity index (χ3n) is 2.14. The van der Waals surface area contributed by atoms with Gasteiger partial charge in [0.25, 0.3) is 5.91 Å². The number of sulfonamides is 1. The van der Waals surface area contributed by atoms with E-state index in [-0.39, 0.29) is 16.4 Å². The van der Waals surface area contributed by atoms with E-state index >= 15 is 0 Å². The fourth-order valence-corrected chi connectivity index (χ4v) is 2.35. The Hall–Kier alpha value is -1.49. The molecular formula is C12H14N2O3S2. The molecule has 0 aliphatic carbocycles. The molecule has 1 aromatic carbocycles. The Kier molecular flexibility index (Phi) is 5.89. The maximum absolute atomic E-state index is 11.8. The Bertz CT molecular complexity index is 591. The van der Waals surface area contributed by atoms with Gasteiger partial charge in [0.1, 0.15) is 0 Å². The largest absolute Gasteiger partial charge is 0.351 e. The van der Waals surface area contributed by atoms with Crippen molar-refractivity contribution in [2.24, 2.45) is 5.14 Å². The molecule has 0 unspecified atom stereocenters. The average Bonchev–Trinajstić information content (AvgIpc) is 2.37. The number of rotatable bonds is 6. The molecule has 0 atom stereocenters. The summed E-state index contributed by atoms with van der Waals surface area (Å²) in [4.78, 5) is 11.7. The van der Waals surface area contributed by atoms with Crippen LogP contribution in [0.25, 0.3) is 0 Å². The number of amides is 1. The van der Waals surface area contributed by atoms with Gasteiger partial charge in [-0.1, -0.05) is 12.0 Å². The highest BCUT2D eigenvalue weighted by Crippen LogP contribution is 2.09. The molecule has 3 N–H and O–H groups in total. The second-order valence-electron chi connectivity index (χ2n) is 3.59. The number of carbonyl (C=O) groups excluding carboxylic acids is 1. The van der Waals surface area contributed by atoms with Crippen molar-refractivity contribution < 1.29 is 13.2 Å². The molecule has 0 aliphatic rings. The van der Waals surface area contributed by atoms with Crippen LogP contribution < -0.4 is 10.5 Å². The normalized spacial score (nSPS) is 10.7.